The maximum atomic E-state index is 12.4. The number of hydrogen-bond donors (Lipinski definition) is 2. The summed E-state index contributed by atoms with van der Waals surface area (Å²) in [7, 11) is 0. The van der Waals surface area contributed by atoms with Crippen LogP contribution in [0.25, 0.3) is 10.9 Å². The highest BCUT2D eigenvalue weighted by atomic mass is 32.1. The molecule has 0 bridgehead atoms. The third-order valence-electron chi connectivity index (χ3n) is 5.02. The largest absolute Gasteiger partial charge is 0.338 e. The first-order valence-corrected chi connectivity index (χ1v) is 10.6. The topological polar surface area (TPSA) is 94.2 Å². The van der Waals surface area contributed by atoms with E-state index in [9.17, 15) is 9.59 Å². The highest BCUT2D eigenvalue weighted by Gasteiger charge is 2.21. The van der Waals surface area contributed by atoms with E-state index in [1.54, 1.807) is 17.4 Å². The Labute approximate surface area is 172 Å². The van der Waals surface area contributed by atoms with E-state index in [4.69, 9.17) is 0 Å². The van der Waals surface area contributed by atoms with Crippen LogP contribution in [0, 0.1) is 6.92 Å². The first kappa shape index (κ1) is 19.5. The molecule has 0 aliphatic carbocycles. The maximum absolute atomic E-state index is 12.4. The van der Waals surface area contributed by atoms with Gasteiger partial charge < -0.3 is 15.2 Å². The van der Waals surface area contributed by atoms with Crippen LogP contribution >= 0.6 is 11.3 Å². The van der Waals surface area contributed by atoms with E-state index >= 15 is 0 Å². The van der Waals surface area contributed by atoms with Crippen molar-refractivity contribution in [1.29, 1.82) is 0 Å². The molecule has 0 saturated carbocycles. The highest BCUT2D eigenvalue weighted by molar-refractivity contribution is 7.09. The van der Waals surface area contributed by atoms with Crippen molar-refractivity contribution in [3.63, 3.8) is 0 Å². The molecular formula is C20H24N6O2S. The lowest BCUT2D eigenvalue weighted by Gasteiger charge is -2.34. The van der Waals surface area contributed by atoms with Gasteiger partial charge in [-0.2, -0.15) is 0 Å². The summed E-state index contributed by atoms with van der Waals surface area (Å²) in [5, 5.41) is 6.66. The predicted octanol–water partition coefficient (Wildman–Crippen LogP) is 1.76. The van der Waals surface area contributed by atoms with Gasteiger partial charge in [0.25, 0.3) is 5.56 Å². The monoisotopic (exact) mass is 412 g/mol. The number of nitrogens with one attached hydrogen (secondary N) is 2. The summed E-state index contributed by atoms with van der Waals surface area (Å²) in [6.07, 6.45) is 0.747. The molecule has 0 radical (unpaired) electrons. The Morgan fingerprint density at radius 2 is 2.00 bits per heavy atom. The van der Waals surface area contributed by atoms with Crippen LogP contribution in [0.2, 0.25) is 0 Å². The number of thiazole rings is 1. The summed E-state index contributed by atoms with van der Waals surface area (Å²) >= 11 is 1.63. The standard InChI is InChI=1S/C20H24N6O2S/c1-14-22-15(13-29-14)6-7-21-20(28)26-10-8-25(9-11-26)12-18-23-17-5-3-2-4-16(17)19(27)24-18/h2-5,13H,6-12H2,1H3,(H,21,28)(H,23,24,27). The number of nitrogens with zero attached hydrogens (tertiary/aromatic N) is 4. The van der Waals surface area contributed by atoms with Crippen LogP contribution < -0.4 is 10.9 Å². The van der Waals surface area contributed by atoms with Gasteiger partial charge in [0.1, 0.15) is 5.82 Å². The van der Waals surface area contributed by atoms with Gasteiger partial charge in [-0.15, -0.1) is 11.3 Å². The summed E-state index contributed by atoms with van der Waals surface area (Å²) in [6.45, 7) is 5.93. The normalized spacial score (nSPS) is 15.0. The smallest absolute Gasteiger partial charge is 0.317 e. The van der Waals surface area contributed by atoms with Gasteiger partial charge in [-0.1, -0.05) is 12.1 Å². The minimum atomic E-state index is -0.112. The summed E-state index contributed by atoms with van der Waals surface area (Å²) in [4.78, 5) is 40.5. The number of carbonyl (C=O) groups excluding carboxylic acids is 1. The van der Waals surface area contributed by atoms with Crippen molar-refractivity contribution in [3.8, 4) is 0 Å². The molecule has 2 amide bonds. The molecule has 9 heteroatoms. The second kappa shape index (κ2) is 8.71. The zero-order chi connectivity index (χ0) is 20.2. The van der Waals surface area contributed by atoms with Gasteiger partial charge in [0.2, 0.25) is 0 Å². The van der Waals surface area contributed by atoms with E-state index in [2.05, 4.69) is 25.2 Å². The molecule has 4 rings (SSSR count). The molecule has 3 aromatic rings. The fraction of sp³-hybridized carbons (Fsp3) is 0.400. The molecule has 1 aromatic carbocycles. The molecule has 1 fully saturated rings. The number of amides is 2. The van der Waals surface area contributed by atoms with E-state index in [0.717, 1.165) is 30.2 Å². The van der Waals surface area contributed by atoms with E-state index in [1.807, 2.05) is 35.4 Å². The number of aryl methyl sites for hydroxylation is 1. The maximum Gasteiger partial charge on any atom is 0.317 e. The minimum Gasteiger partial charge on any atom is -0.338 e. The summed E-state index contributed by atoms with van der Waals surface area (Å²) in [5.74, 6) is 0.658. The highest BCUT2D eigenvalue weighted by Crippen LogP contribution is 2.10. The van der Waals surface area contributed by atoms with Gasteiger partial charge in [-0.3, -0.25) is 9.69 Å². The summed E-state index contributed by atoms with van der Waals surface area (Å²) < 4.78 is 0. The number of urea groups is 1. The average Bonchev–Trinajstić information content (AvgIpc) is 3.13. The van der Waals surface area contributed by atoms with Crippen LogP contribution in [-0.2, 0) is 13.0 Å². The Kier molecular flexibility index (Phi) is 5.86. The number of benzene rings is 1. The molecule has 0 atom stereocenters. The van der Waals surface area contributed by atoms with Crippen molar-refractivity contribution in [2.45, 2.75) is 19.9 Å². The van der Waals surface area contributed by atoms with Crippen LogP contribution in [0.5, 0.6) is 0 Å². The lowest BCUT2D eigenvalue weighted by Crippen LogP contribution is -2.51. The zero-order valence-corrected chi connectivity index (χ0v) is 17.2. The van der Waals surface area contributed by atoms with Crippen molar-refractivity contribution in [3.05, 3.63) is 56.5 Å². The van der Waals surface area contributed by atoms with Crippen LogP contribution in [-0.4, -0.2) is 63.5 Å². The van der Waals surface area contributed by atoms with Gasteiger partial charge in [0.05, 0.1) is 28.1 Å². The minimum absolute atomic E-state index is 0.0335. The lowest BCUT2D eigenvalue weighted by atomic mass is 10.2. The molecular weight excluding hydrogens is 388 g/mol. The summed E-state index contributed by atoms with van der Waals surface area (Å²) in [5.41, 5.74) is 1.62. The van der Waals surface area contributed by atoms with Gasteiger partial charge in [0.15, 0.2) is 0 Å². The first-order chi connectivity index (χ1) is 14.1. The summed E-state index contributed by atoms with van der Waals surface area (Å²) in [6, 6.07) is 7.31. The van der Waals surface area contributed by atoms with Crippen LogP contribution in [0.15, 0.2) is 34.4 Å². The van der Waals surface area contributed by atoms with Crippen molar-refractivity contribution in [2.75, 3.05) is 32.7 Å². The molecule has 3 heterocycles. The van der Waals surface area contributed by atoms with Crippen LogP contribution in [0.3, 0.4) is 0 Å². The molecule has 0 spiro atoms. The third-order valence-corrected chi connectivity index (χ3v) is 5.84. The quantitative estimate of drug-likeness (QED) is 0.666. The Morgan fingerprint density at radius 3 is 2.76 bits per heavy atom. The number of H-pyrrole nitrogens is 1. The van der Waals surface area contributed by atoms with Gasteiger partial charge in [0, 0.05) is 44.5 Å². The van der Waals surface area contributed by atoms with Crippen LogP contribution in [0.1, 0.15) is 16.5 Å². The van der Waals surface area contributed by atoms with Gasteiger partial charge >= 0.3 is 6.03 Å². The van der Waals surface area contributed by atoms with Crippen LogP contribution in [0.4, 0.5) is 4.79 Å². The fourth-order valence-electron chi connectivity index (χ4n) is 3.46. The number of fused-ring (bicyclic) bond motifs is 1. The molecule has 1 aliphatic heterocycles. The first-order valence-electron chi connectivity index (χ1n) is 9.72. The van der Waals surface area contributed by atoms with Crippen molar-refractivity contribution in [1.82, 2.24) is 30.1 Å². The number of aromatic nitrogens is 3. The Balaban J connectivity index is 1.26. The van der Waals surface area contributed by atoms with Gasteiger partial charge in [-0.05, 0) is 19.1 Å². The number of carbonyl (C=O) groups is 1. The Hall–Kier alpha value is -2.78. The number of piperazine rings is 1. The van der Waals surface area contributed by atoms with E-state index in [1.165, 1.54) is 0 Å². The van der Waals surface area contributed by atoms with Crippen molar-refractivity contribution < 1.29 is 4.79 Å². The molecule has 1 saturated heterocycles. The second-order valence-corrected chi connectivity index (χ2v) is 8.19. The second-order valence-electron chi connectivity index (χ2n) is 7.13. The van der Waals surface area contributed by atoms with E-state index < -0.39 is 0 Å². The SMILES string of the molecule is Cc1nc(CCNC(=O)N2CCN(Cc3nc4ccccc4c(=O)[nH]3)CC2)cs1. The number of rotatable bonds is 5. The fourth-order valence-corrected chi connectivity index (χ4v) is 4.11. The predicted molar refractivity (Wildman–Crippen MR) is 113 cm³/mol. The molecule has 8 nitrogen and oxygen atoms in total. The molecule has 1 aliphatic rings. The third kappa shape index (κ3) is 4.80. The Morgan fingerprint density at radius 1 is 1.21 bits per heavy atom. The zero-order valence-electron chi connectivity index (χ0n) is 16.4. The number of aromatic amines is 1. The molecule has 0 unspecified atom stereocenters. The van der Waals surface area contributed by atoms with Crippen molar-refractivity contribution in [2.24, 2.45) is 0 Å². The molecule has 29 heavy (non-hydrogen) atoms. The number of hydrogen-bond acceptors (Lipinski definition) is 6. The average molecular weight is 413 g/mol. The lowest BCUT2D eigenvalue weighted by molar-refractivity contribution is 0.133. The molecule has 2 N–H and O–H groups in total. The molecule has 2 aromatic heterocycles. The van der Waals surface area contributed by atoms with Crippen molar-refractivity contribution >= 4 is 28.3 Å². The van der Waals surface area contributed by atoms with E-state index in [-0.39, 0.29) is 11.6 Å². The molecule has 152 valence electrons. The Bertz CT molecular complexity index is 1050. The number of para-hydroxylation sites is 1. The van der Waals surface area contributed by atoms with E-state index in [0.29, 0.717) is 42.9 Å². The van der Waals surface area contributed by atoms with Gasteiger partial charge in [-0.25, -0.2) is 14.8 Å².